The molecule has 122 valence electrons. The van der Waals surface area contributed by atoms with Gasteiger partial charge >= 0.3 is 6.03 Å². The van der Waals surface area contributed by atoms with Crippen molar-refractivity contribution >= 4 is 21.6 Å². The number of benzene rings is 1. The third-order valence-electron chi connectivity index (χ3n) is 3.54. The van der Waals surface area contributed by atoms with Crippen LogP contribution in [0.1, 0.15) is 6.42 Å². The van der Waals surface area contributed by atoms with Crippen LogP contribution in [0.15, 0.2) is 24.3 Å². The maximum atomic E-state index is 12.9. The lowest BCUT2D eigenvalue weighted by Crippen LogP contribution is -2.45. The summed E-state index contributed by atoms with van der Waals surface area (Å²) in [6.07, 6.45) is 0.420. The van der Waals surface area contributed by atoms with Gasteiger partial charge in [-0.1, -0.05) is 0 Å². The van der Waals surface area contributed by atoms with E-state index in [1.54, 1.807) is 0 Å². The van der Waals surface area contributed by atoms with E-state index in [2.05, 4.69) is 5.32 Å². The number of carbonyl (C=O) groups excluding carboxylic acids is 1. The first-order chi connectivity index (χ1) is 10.4. The second kappa shape index (κ2) is 7.06. The van der Waals surface area contributed by atoms with Gasteiger partial charge in [0.15, 0.2) is 9.84 Å². The van der Waals surface area contributed by atoms with Gasteiger partial charge in [-0.05, 0) is 30.7 Å². The molecule has 22 heavy (non-hydrogen) atoms. The van der Waals surface area contributed by atoms with Gasteiger partial charge in [0.25, 0.3) is 0 Å². The van der Waals surface area contributed by atoms with Gasteiger partial charge in [-0.3, -0.25) is 0 Å². The summed E-state index contributed by atoms with van der Waals surface area (Å²) in [5.41, 5.74) is 0.453. The molecule has 8 heteroatoms. The van der Waals surface area contributed by atoms with Crippen molar-refractivity contribution in [1.82, 2.24) is 4.90 Å². The van der Waals surface area contributed by atoms with Gasteiger partial charge in [0.05, 0.1) is 18.1 Å². The van der Waals surface area contributed by atoms with Gasteiger partial charge in [0, 0.05) is 25.4 Å². The van der Waals surface area contributed by atoms with Crippen molar-refractivity contribution in [1.29, 1.82) is 0 Å². The van der Waals surface area contributed by atoms with E-state index in [4.69, 9.17) is 4.74 Å². The van der Waals surface area contributed by atoms with E-state index < -0.39 is 21.7 Å². The maximum absolute atomic E-state index is 12.9. The van der Waals surface area contributed by atoms with Crippen LogP contribution in [0.2, 0.25) is 0 Å². The van der Waals surface area contributed by atoms with Crippen molar-refractivity contribution in [2.45, 2.75) is 12.5 Å². The highest BCUT2D eigenvalue weighted by Gasteiger charge is 2.34. The number of amides is 2. The number of anilines is 1. The number of ether oxygens (including phenoxy) is 1. The average Bonchev–Trinajstić information content (AvgIpc) is 2.82. The largest absolute Gasteiger partial charge is 0.383 e. The molecular weight excluding hydrogens is 311 g/mol. The predicted octanol–water partition coefficient (Wildman–Crippen LogP) is 1.49. The van der Waals surface area contributed by atoms with Gasteiger partial charge < -0.3 is 15.0 Å². The van der Waals surface area contributed by atoms with E-state index in [-0.39, 0.29) is 17.5 Å². The van der Waals surface area contributed by atoms with E-state index in [0.29, 0.717) is 25.3 Å². The normalized spacial score (nSPS) is 19.8. The van der Waals surface area contributed by atoms with Crippen LogP contribution in [0.5, 0.6) is 0 Å². The molecule has 1 N–H and O–H groups in total. The van der Waals surface area contributed by atoms with Crippen molar-refractivity contribution in [3.63, 3.8) is 0 Å². The third-order valence-corrected chi connectivity index (χ3v) is 5.29. The number of sulfone groups is 1. The molecule has 0 spiro atoms. The molecule has 0 radical (unpaired) electrons. The highest BCUT2D eigenvalue weighted by Crippen LogP contribution is 2.19. The summed E-state index contributed by atoms with van der Waals surface area (Å²) in [4.78, 5) is 13.8. The molecule has 1 aliphatic heterocycles. The fourth-order valence-corrected chi connectivity index (χ4v) is 4.12. The number of rotatable bonds is 5. The van der Waals surface area contributed by atoms with Crippen LogP contribution in [0, 0.1) is 5.82 Å². The monoisotopic (exact) mass is 330 g/mol. The molecule has 1 aromatic rings. The molecular formula is C14H19FN2O4S. The lowest BCUT2D eigenvalue weighted by atomic mass is 10.2. The second-order valence-electron chi connectivity index (χ2n) is 5.18. The Kier molecular flexibility index (Phi) is 5.36. The second-order valence-corrected chi connectivity index (χ2v) is 7.41. The Morgan fingerprint density at radius 2 is 2.09 bits per heavy atom. The van der Waals surface area contributed by atoms with Crippen LogP contribution in [-0.2, 0) is 14.6 Å². The van der Waals surface area contributed by atoms with Crippen molar-refractivity contribution in [3.05, 3.63) is 30.1 Å². The van der Waals surface area contributed by atoms with Crippen LogP contribution < -0.4 is 5.32 Å². The number of nitrogens with one attached hydrogen (secondary N) is 1. The number of hydrogen-bond donors (Lipinski definition) is 1. The molecule has 1 saturated heterocycles. The van der Waals surface area contributed by atoms with Gasteiger partial charge in [-0.15, -0.1) is 0 Å². The van der Waals surface area contributed by atoms with E-state index in [1.807, 2.05) is 0 Å². The van der Waals surface area contributed by atoms with Crippen LogP contribution in [-0.4, -0.2) is 57.2 Å². The number of halogens is 1. The van der Waals surface area contributed by atoms with Crippen LogP contribution in [0.25, 0.3) is 0 Å². The minimum absolute atomic E-state index is 0.0342. The molecule has 0 saturated carbocycles. The molecule has 1 fully saturated rings. The molecule has 2 amide bonds. The molecule has 1 heterocycles. The SMILES string of the molecule is COCCN(C(=O)Nc1ccc(F)cc1)C1CCS(=O)(=O)C1. The highest BCUT2D eigenvalue weighted by atomic mass is 32.2. The standard InChI is InChI=1S/C14H19FN2O4S/c1-21-8-7-17(13-6-9-22(19,20)10-13)14(18)16-12-4-2-11(15)3-5-12/h2-5,13H,6-10H2,1H3,(H,16,18). The Hall–Kier alpha value is -1.67. The van der Waals surface area contributed by atoms with Crippen LogP contribution >= 0.6 is 0 Å². The minimum Gasteiger partial charge on any atom is -0.383 e. The Bertz CT molecular complexity index is 618. The van der Waals surface area contributed by atoms with E-state index in [0.717, 1.165) is 0 Å². The lowest BCUT2D eigenvalue weighted by Gasteiger charge is -2.28. The molecule has 0 aliphatic carbocycles. The third kappa shape index (κ3) is 4.41. The summed E-state index contributed by atoms with van der Waals surface area (Å²) in [5, 5.41) is 2.65. The van der Waals surface area contributed by atoms with Gasteiger partial charge in [0.2, 0.25) is 0 Å². The summed E-state index contributed by atoms with van der Waals surface area (Å²) >= 11 is 0. The van der Waals surface area contributed by atoms with Crippen molar-refractivity contribution in [3.8, 4) is 0 Å². The fourth-order valence-electron chi connectivity index (χ4n) is 2.39. The summed E-state index contributed by atoms with van der Waals surface area (Å²) in [6.45, 7) is 0.608. The van der Waals surface area contributed by atoms with Crippen LogP contribution in [0.4, 0.5) is 14.9 Å². The Labute approximate surface area is 129 Å². The van der Waals surface area contributed by atoms with Crippen molar-refractivity contribution < 1.29 is 22.3 Å². The number of carbonyl (C=O) groups is 1. The topological polar surface area (TPSA) is 75.7 Å². The van der Waals surface area contributed by atoms with Gasteiger partial charge in [-0.2, -0.15) is 0 Å². The first kappa shape index (κ1) is 16.7. The summed E-state index contributed by atoms with van der Waals surface area (Å²) in [5.74, 6) is -0.338. The molecule has 1 aromatic carbocycles. The summed E-state index contributed by atoms with van der Waals surface area (Å²) < 4.78 is 41.1. The molecule has 0 bridgehead atoms. The Morgan fingerprint density at radius 1 is 1.41 bits per heavy atom. The predicted molar refractivity (Wildman–Crippen MR) is 81.1 cm³/mol. The average molecular weight is 330 g/mol. The highest BCUT2D eigenvalue weighted by molar-refractivity contribution is 7.91. The van der Waals surface area contributed by atoms with Crippen molar-refractivity contribution in [2.24, 2.45) is 0 Å². The molecule has 6 nitrogen and oxygen atoms in total. The number of methoxy groups -OCH3 is 1. The van der Waals surface area contributed by atoms with E-state index in [1.165, 1.54) is 36.3 Å². The van der Waals surface area contributed by atoms with Gasteiger partial charge in [0.1, 0.15) is 5.82 Å². The quantitative estimate of drug-likeness (QED) is 0.887. The maximum Gasteiger partial charge on any atom is 0.322 e. The number of urea groups is 1. The zero-order chi connectivity index (χ0) is 16.2. The van der Waals surface area contributed by atoms with Crippen molar-refractivity contribution in [2.75, 3.05) is 37.1 Å². The number of nitrogens with zero attached hydrogens (tertiary/aromatic N) is 1. The molecule has 0 aromatic heterocycles. The smallest absolute Gasteiger partial charge is 0.322 e. The molecule has 1 unspecified atom stereocenters. The first-order valence-corrected chi connectivity index (χ1v) is 8.76. The van der Waals surface area contributed by atoms with E-state index in [9.17, 15) is 17.6 Å². The zero-order valence-electron chi connectivity index (χ0n) is 12.3. The lowest BCUT2D eigenvalue weighted by molar-refractivity contribution is 0.140. The molecule has 1 atom stereocenters. The van der Waals surface area contributed by atoms with E-state index >= 15 is 0 Å². The Morgan fingerprint density at radius 3 is 2.64 bits per heavy atom. The zero-order valence-corrected chi connectivity index (χ0v) is 13.1. The van der Waals surface area contributed by atoms with Gasteiger partial charge in [-0.25, -0.2) is 17.6 Å². The van der Waals surface area contributed by atoms with Crippen LogP contribution in [0.3, 0.4) is 0 Å². The first-order valence-electron chi connectivity index (χ1n) is 6.94. The summed E-state index contributed by atoms with van der Waals surface area (Å²) in [6, 6.07) is 4.62. The molecule has 1 aliphatic rings. The molecule has 2 rings (SSSR count). The summed E-state index contributed by atoms with van der Waals surface area (Å²) in [7, 11) is -1.57. The number of hydrogen-bond acceptors (Lipinski definition) is 4. The fraction of sp³-hybridized carbons (Fsp3) is 0.500. The minimum atomic E-state index is -3.09. The Balaban J connectivity index is 2.07.